The highest BCUT2D eigenvalue weighted by molar-refractivity contribution is 6.34. The molecule has 1 atom stereocenters. The lowest BCUT2D eigenvalue weighted by Gasteiger charge is -2.13. The third-order valence-corrected chi connectivity index (χ3v) is 4.94. The Morgan fingerprint density at radius 3 is 2.69 bits per heavy atom. The third kappa shape index (κ3) is 3.97. The first kappa shape index (κ1) is 20.5. The molecule has 2 heterocycles. The summed E-state index contributed by atoms with van der Waals surface area (Å²) in [6.07, 6.45) is 0.890. The zero-order valence-electron chi connectivity index (χ0n) is 16.6. The van der Waals surface area contributed by atoms with Gasteiger partial charge in [-0.15, -0.1) is 0 Å². The lowest BCUT2D eigenvalue weighted by atomic mass is 10.0. The number of H-pyrrole nitrogens is 1. The van der Waals surface area contributed by atoms with E-state index in [-0.39, 0.29) is 24.1 Å². The molecule has 7 nitrogen and oxygen atoms in total. The average Bonchev–Trinajstić information content (AvgIpc) is 3.11. The van der Waals surface area contributed by atoms with E-state index in [1.54, 1.807) is 19.9 Å². The summed E-state index contributed by atoms with van der Waals surface area (Å²) in [6, 6.07) is 4.09. The van der Waals surface area contributed by atoms with Gasteiger partial charge in [0.1, 0.15) is 11.9 Å². The number of benzene rings is 1. The van der Waals surface area contributed by atoms with Gasteiger partial charge in [-0.1, -0.05) is 0 Å². The van der Waals surface area contributed by atoms with Crippen molar-refractivity contribution in [2.24, 2.45) is 0 Å². The molecular formula is C21H22FN3O4. The van der Waals surface area contributed by atoms with Gasteiger partial charge in [-0.05, 0) is 50.6 Å². The van der Waals surface area contributed by atoms with Gasteiger partial charge in [-0.3, -0.25) is 14.4 Å². The van der Waals surface area contributed by atoms with Gasteiger partial charge in [-0.25, -0.2) is 4.39 Å². The van der Waals surface area contributed by atoms with Crippen LogP contribution in [0.1, 0.15) is 39.8 Å². The maximum absolute atomic E-state index is 13.6. The fourth-order valence-electron chi connectivity index (χ4n) is 3.37. The highest BCUT2D eigenvalue weighted by Gasteiger charge is 2.26. The maximum atomic E-state index is 13.6. The van der Waals surface area contributed by atoms with Gasteiger partial charge in [-0.2, -0.15) is 0 Å². The monoisotopic (exact) mass is 399 g/mol. The molecule has 0 saturated carbocycles. The number of halogens is 1. The van der Waals surface area contributed by atoms with Crippen LogP contribution in [0.25, 0.3) is 11.6 Å². The SMILES string of the molecule is COC(CNC(=O)c1c(C)[nH]c(C=C2C(=O)Nc3ccc(F)cc32)c1C)C(C)=O. The van der Waals surface area contributed by atoms with Gasteiger partial charge in [0, 0.05) is 29.7 Å². The van der Waals surface area contributed by atoms with Crippen molar-refractivity contribution in [1.82, 2.24) is 10.3 Å². The van der Waals surface area contributed by atoms with Crippen molar-refractivity contribution < 1.29 is 23.5 Å². The highest BCUT2D eigenvalue weighted by Crippen LogP contribution is 2.34. The predicted octanol–water partition coefficient (Wildman–Crippen LogP) is 2.60. The van der Waals surface area contributed by atoms with Crippen LogP contribution < -0.4 is 10.6 Å². The summed E-state index contributed by atoms with van der Waals surface area (Å²) >= 11 is 0. The minimum atomic E-state index is -0.714. The van der Waals surface area contributed by atoms with Crippen LogP contribution in [-0.4, -0.2) is 42.3 Å². The van der Waals surface area contributed by atoms with Crippen LogP contribution in [0.3, 0.4) is 0 Å². The summed E-state index contributed by atoms with van der Waals surface area (Å²) in [4.78, 5) is 39.5. The summed E-state index contributed by atoms with van der Waals surface area (Å²) in [5.41, 5.74) is 3.57. The number of nitrogens with one attached hydrogen (secondary N) is 3. The van der Waals surface area contributed by atoms with Gasteiger partial charge >= 0.3 is 0 Å². The van der Waals surface area contributed by atoms with Crippen LogP contribution in [-0.2, 0) is 14.3 Å². The summed E-state index contributed by atoms with van der Waals surface area (Å²) in [5, 5.41) is 5.39. The lowest BCUT2D eigenvalue weighted by Crippen LogP contribution is -2.37. The van der Waals surface area contributed by atoms with Crippen molar-refractivity contribution in [3.05, 3.63) is 52.1 Å². The minimum absolute atomic E-state index is 0.0558. The number of fused-ring (bicyclic) bond motifs is 1. The van der Waals surface area contributed by atoms with Crippen molar-refractivity contribution in [2.45, 2.75) is 26.9 Å². The van der Waals surface area contributed by atoms with Crippen molar-refractivity contribution >= 4 is 34.9 Å². The number of carbonyl (C=O) groups is 3. The molecule has 0 saturated heterocycles. The number of hydrogen-bond acceptors (Lipinski definition) is 4. The standard InChI is InChI=1S/C21H22FN3O4/c1-10-17(8-15-14-7-13(22)5-6-16(14)25-20(15)27)24-11(2)19(10)21(28)23-9-18(29-4)12(3)26/h5-8,18,24H,9H2,1-4H3,(H,23,28)(H,25,27). The molecule has 0 bridgehead atoms. The first-order valence-electron chi connectivity index (χ1n) is 9.06. The van der Waals surface area contributed by atoms with Crippen molar-refractivity contribution in [3.8, 4) is 0 Å². The van der Waals surface area contributed by atoms with Crippen LogP contribution in [0.15, 0.2) is 18.2 Å². The fraction of sp³-hybridized carbons (Fsp3) is 0.286. The van der Waals surface area contributed by atoms with Gasteiger partial charge < -0.3 is 20.4 Å². The molecule has 1 aliphatic rings. The Morgan fingerprint density at radius 2 is 2.03 bits per heavy atom. The van der Waals surface area contributed by atoms with Crippen LogP contribution in [0, 0.1) is 19.7 Å². The van der Waals surface area contributed by atoms with Crippen molar-refractivity contribution in [2.75, 3.05) is 19.0 Å². The Balaban J connectivity index is 1.90. The topological polar surface area (TPSA) is 100 Å². The maximum Gasteiger partial charge on any atom is 0.256 e. The van der Waals surface area contributed by atoms with E-state index in [2.05, 4.69) is 15.6 Å². The van der Waals surface area contributed by atoms with Crippen LogP contribution in [0.4, 0.5) is 10.1 Å². The molecule has 3 rings (SSSR count). The smallest absolute Gasteiger partial charge is 0.256 e. The van der Waals surface area contributed by atoms with Gasteiger partial charge in [0.25, 0.3) is 11.8 Å². The molecule has 152 valence electrons. The first-order valence-corrected chi connectivity index (χ1v) is 9.06. The molecule has 29 heavy (non-hydrogen) atoms. The molecule has 0 radical (unpaired) electrons. The van der Waals surface area contributed by atoms with Crippen LogP contribution in [0.2, 0.25) is 0 Å². The Kier molecular flexibility index (Phi) is 5.65. The van der Waals surface area contributed by atoms with Gasteiger partial charge in [0.05, 0.1) is 17.7 Å². The second-order valence-corrected chi connectivity index (χ2v) is 6.91. The lowest BCUT2D eigenvalue weighted by molar-refractivity contribution is -0.126. The number of methoxy groups -OCH3 is 1. The Labute approximate surface area is 167 Å². The first-order chi connectivity index (χ1) is 13.7. The number of Topliss-reactive ketones (excluding diaryl/α,β-unsaturated/α-hetero) is 1. The summed E-state index contributed by atoms with van der Waals surface area (Å²) in [7, 11) is 1.41. The molecular weight excluding hydrogens is 377 g/mol. The van der Waals surface area contributed by atoms with E-state index < -0.39 is 11.9 Å². The molecule has 2 amide bonds. The number of aryl methyl sites for hydroxylation is 1. The van der Waals surface area contributed by atoms with Crippen molar-refractivity contribution in [3.63, 3.8) is 0 Å². The van der Waals surface area contributed by atoms with E-state index >= 15 is 0 Å². The fourth-order valence-corrected chi connectivity index (χ4v) is 3.37. The number of carbonyl (C=O) groups excluding carboxylic acids is 3. The Morgan fingerprint density at radius 1 is 1.31 bits per heavy atom. The molecule has 1 unspecified atom stereocenters. The van der Waals surface area contributed by atoms with E-state index in [9.17, 15) is 18.8 Å². The zero-order valence-corrected chi connectivity index (χ0v) is 16.6. The van der Waals surface area contributed by atoms with E-state index in [0.29, 0.717) is 39.3 Å². The summed E-state index contributed by atoms with van der Waals surface area (Å²) < 4.78 is 18.7. The van der Waals surface area contributed by atoms with Crippen LogP contribution in [0.5, 0.6) is 0 Å². The molecule has 8 heteroatoms. The molecule has 1 aromatic carbocycles. The summed E-state index contributed by atoms with van der Waals surface area (Å²) in [6.45, 7) is 4.94. The zero-order chi connectivity index (χ0) is 21.3. The Hall–Kier alpha value is -3.26. The van der Waals surface area contributed by atoms with Crippen LogP contribution >= 0.6 is 0 Å². The number of aromatic amines is 1. The largest absolute Gasteiger partial charge is 0.372 e. The second kappa shape index (κ2) is 8.00. The van der Waals surface area contributed by atoms with E-state index in [4.69, 9.17) is 4.74 Å². The number of hydrogen-bond donors (Lipinski definition) is 3. The predicted molar refractivity (Wildman–Crippen MR) is 107 cm³/mol. The molecule has 3 N–H and O–H groups in total. The number of aromatic nitrogens is 1. The molecule has 1 aromatic heterocycles. The normalized spacial score (nSPS) is 15.2. The number of ether oxygens (including phenoxy) is 1. The molecule has 0 aliphatic carbocycles. The van der Waals surface area contributed by atoms with Gasteiger partial charge in [0.2, 0.25) is 0 Å². The quantitative estimate of drug-likeness (QED) is 0.650. The van der Waals surface area contributed by atoms with E-state index in [0.717, 1.165) is 0 Å². The summed E-state index contributed by atoms with van der Waals surface area (Å²) in [5.74, 6) is -1.32. The number of anilines is 1. The number of rotatable bonds is 6. The minimum Gasteiger partial charge on any atom is -0.372 e. The number of ketones is 1. The molecule has 0 fully saturated rings. The van der Waals surface area contributed by atoms with E-state index in [1.807, 2.05) is 0 Å². The second-order valence-electron chi connectivity index (χ2n) is 6.91. The molecule has 0 spiro atoms. The average molecular weight is 399 g/mol. The molecule has 1 aliphatic heterocycles. The third-order valence-electron chi connectivity index (χ3n) is 4.94. The highest BCUT2D eigenvalue weighted by atomic mass is 19.1. The van der Waals surface area contributed by atoms with Crippen molar-refractivity contribution in [1.29, 1.82) is 0 Å². The van der Waals surface area contributed by atoms with E-state index in [1.165, 1.54) is 32.2 Å². The Bertz CT molecular complexity index is 1040. The number of amides is 2. The molecule has 2 aromatic rings. The van der Waals surface area contributed by atoms with Gasteiger partial charge in [0.15, 0.2) is 5.78 Å².